The van der Waals surface area contributed by atoms with Crippen molar-refractivity contribution in [1.82, 2.24) is 4.90 Å². The number of piperidine rings is 1. The van der Waals surface area contributed by atoms with E-state index < -0.39 is 5.97 Å². The van der Waals surface area contributed by atoms with E-state index in [4.69, 9.17) is 5.11 Å². The van der Waals surface area contributed by atoms with Gasteiger partial charge in [-0.3, -0.25) is 9.69 Å². The van der Waals surface area contributed by atoms with Crippen molar-refractivity contribution in [3.05, 3.63) is 11.6 Å². The SMILES string of the molecule is CC(C)=CCN1CCCCC1CCC(=O)O. The van der Waals surface area contributed by atoms with Gasteiger partial charge in [0, 0.05) is 19.0 Å². The van der Waals surface area contributed by atoms with Crippen molar-refractivity contribution >= 4 is 5.97 Å². The molecule has 0 aromatic rings. The van der Waals surface area contributed by atoms with Gasteiger partial charge in [0.15, 0.2) is 0 Å². The monoisotopic (exact) mass is 225 g/mol. The van der Waals surface area contributed by atoms with Crippen LogP contribution in [0.15, 0.2) is 11.6 Å². The largest absolute Gasteiger partial charge is 0.481 e. The lowest BCUT2D eigenvalue weighted by Gasteiger charge is -2.34. The van der Waals surface area contributed by atoms with Crippen LogP contribution in [0.4, 0.5) is 0 Å². The standard InChI is InChI=1S/C13H23NO2/c1-11(2)8-10-14-9-4-3-5-12(14)6-7-13(15)16/h8,12H,3-7,9-10H2,1-2H3,(H,15,16). The fourth-order valence-corrected chi connectivity index (χ4v) is 2.22. The zero-order valence-corrected chi connectivity index (χ0v) is 10.4. The number of rotatable bonds is 5. The van der Waals surface area contributed by atoms with Crippen LogP contribution in [0.5, 0.6) is 0 Å². The van der Waals surface area contributed by atoms with Gasteiger partial charge in [-0.15, -0.1) is 0 Å². The Kier molecular flexibility index (Phi) is 5.53. The molecule has 1 N–H and O–H groups in total. The molecule has 1 saturated heterocycles. The molecule has 1 aliphatic heterocycles. The van der Waals surface area contributed by atoms with Crippen LogP contribution in [0.25, 0.3) is 0 Å². The maximum atomic E-state index is 10.6. The topological polar surface area (TPSA) is 40.5 Å². The molecule has 16 heavy (non-hydrogen) atoms. The maximum absolute atomic E-state index is 10.6. The molecule has 1 unspecified atom stereocenters. The third-order valence-corrected chi connectivity index (χ3v) is 3.17. The van der Waals surface area contributed by atoms with E-state index in [-0.39, 0.29) is 0 Å². The van der Waals surface area contributed by atoms with Crippen molar-refractivity contribution in [2.75, 3.05) is 13.1 Å². The average Bonchev–Trinajstić information content (AvgIpc) is 2.24. The van der Waals surface area contributed by atoms with Crippen LogP contribution in [0.2, 0.25) is 0 Å². The molecule has 1 rings (SSSR count). The van der Waals surface area contributed by atoms with Crippen molar-refractivity contribution in [3.8, 4) is 0 Å². The maximum Gasteiger partial charge on any atom is 0.303 e. The van der Waals surface area contributed by atoms with Gasteiger partial charge in [0.1, 0.15) is 0 Å². The van der Waals surface area contributed by atoms with Crippen LogP contribution in [-0.4, -0.2) is 35.1 Å². The predicted molar refractivity (Wildman–Crippen MR) is 65.5 cm³/mol. The molecule has 1 aliphatic rings. The summed E-state index contributed by atoms with van der Waals surface area (Å²) in [6.45, 7) is 6.31. The lowest BCUT2D eigenvalue weighted by molar-refractivity contribution is -0.137. The summed E-state index contributed by atoms with van der Waals surface area (Å²) in [7, 11) is 0. The summed E-state index contributed by atoms with van der Waals surface area (Å²) in [6.07, 6.45) is 6.99. The van der Waals surface area contributed by atoms with Gasteiger partial charge < -0.3 is 5.11 Å². The Morgan fingerprint density at radius 1 is 1.44 bits per heavy atom. The normalized spacial score (nSPS) is 21.8. The molecule has 3 heteroatoms. The van der Waals surface area contributed by atoms with Crippen molar-refractivity contribution < 1.29 is 9.90 Å². The lowest BCUT2D eigenvalue weighted by atomic mass is 9.98. The molecule has 92 valence electrons. The molecule has 1 heterocycles. The van der Waals surface area contributed by atoms with Gasteiger partial charge in [-0.25, -0.2) is 0 Å². The second-order valence-corrected chi connectivity index (χ2v) is 4.86. The first kappa shape index (κ1) is 13.2. The van der Waals surface area contributed by atoms with Crippen LogP contribution in [0.1, 0.15) is 46.0 Å². The van der Waals surface area contributed by atoms with Crippen LogP contribution >= 0.6 is 0 Å². The van der Waals surface area contributed by atoms with Crippen molar-refractivity contribution in [2.24, 2.45) is 0 Å². The Morgan fingerprint density at radius 2 is 2.19 bits per heavy atom. The highest BCUT2D eigenvalue weighted by molar-refractivity contribution is 5.66. The fraction of sp³-hybridized carbons (Fsp3) is 0.769. The molecular formula is C13H23NO2. The summed E-state index contributed by atoms with van der Waals surface area (Å²) in [4.78, 5) is 13.0. The molecule has 0 radical (unpaired) electrons. The molecule has 0 aliphatic carbocycles. The zero-order chi connectivity index (χ0) is 12.0. The van der Waals surface area contributed by atoms with Crippen LogP contribution in [-0.2, 0) is 4.79 Å². The van der Waals surface area contributed by atoms with E-state index in [9.17, 15) is 4.79 Å². The summed E-state index contributed by atoms with van der Waals surface area (Å²) >= 11 is 0. The summed E-state index contributed by atoms with van der Waals surface area (Å²) in [5.74, 6) is -0.673. The second kappa shape index (κ2) is 6.69. The summed E-state index contributed by atoms with van der Waals surface area (Å²) in [5, 5.41) is 8.72. The number of likely N-dealkylation sites (tertiary alicyclic amines) is 1. The van der Waals surface area contributed by atoms with Crippen LogP contribution < -0.4 is 0 Å². The summed E-state index contributed by atoms with van der Waals surface area (Å²) < 4.78 is 0. The summed E-state index contributed by atoms with van der Waals surface area (Å²) in [5.41, 5.74) is 1.34. The first-order chi connectivity index (χ1) is 7.59. The molecule has 0 aromatic heterocycles. The highest BCUT2D eigenvalue weighted by Crippen LogP contribution is 2.20. The van der Waals surface area contributed by atoms with Gasteiger partial charge in [-0.1, -0.05) is 18.1 Å². The molecular weight excluding hydrogens is 202 g/mol. The van der Waals surface area contributed by atoms with Gasteiger partial charge >= 0.3 is 5.97 Å². The first-order valence-corrected chi connectivity index (χ1v) is 6.19. The zero-order valence-electron chi connectivity index (χ0n) is 10.4. The summed E-state index contributed by atoms with van der Waals surface area (Å²) in [6, 6.07) is 0.473. The van der Waals surface area contributed by atoms with Crippen molar-refractivity contribution in [2.45, 2.75) is 52.0 Å². The number of allylic oxidation sites excluding steroid dienone is 1. The number of hydrogen-bond donors (Lipinski definition) is 1. The molecule has 1 atom stereocenters. The van der Waals surface area contributed by atoms with E-state index in [1.807, 2.05) is 0 Å². The molecule has 0 spiro atoms. The van der Waals surface area contributed by atoms with Gasteiger partial charge in [0.25, 0.3) is 0 Å². The van der Waals surface area contributed by atoms with Gasteiger partial charge in [0.2, 0.25) is 0 Å². The van der Waals surface area contributed by atoms with Crippen molar-refractivity contribution in [3.63, 3.8) is 0 Å². The number of aliphatic carboxylic acids is 1. The Morgan fingerprint density at radius 3 is 2.81 bits per heavy atom. The van der Waals surface area contributed by atoms with E-state index in [0.717, 1.165) is 25.9 Å². The minimum atomic E-state index is -0.673. The van der Waals surface area contributed by atoms with Gasteiger partial charge in [-0.05, 0) is 39.7 Å². The third kappa shape index (κ3) is 4.79. The molecule has 0 bridgehead atoms. The Balaban J connectivity index is 2.43. The molecule has 0 aromatic carbocycles. The van der Waals surface area contributed by atoms with E-state index >= 15 is 0 Å². The van der Waals surface area contributed by atoms with E-state index in [1.165, 1.54) is 18.4 Å². The quantitative estimate of drug-likeness (QED) is 0.731. The highest BCUT2D eigenvalue weighted by Gasteiger charge is 2.21. The number of nitrogens with zero attached hydrogens (tertiary/aromatic N) is 1. The minimum absolute atomic E-state index is 0.302. The molecule has 3 nitrogen and oxygen atoms in total. The highest BCUT2D eigenvalue weighted by atomic mass is 16.4. The number of carboxylic acids is 1. The lowest BCUT2D eigenvalue weighted by Crippen LogP contribution is -2.39. The Labute approximate surface area is 98.1 Å². The van der Waals surface area contributed by atoms with Gasteiger partial charge in [-0.2, -0.15) is 0 Å². The predicted octanol–water partition coefficient (Wildman–Crippen LogP) is 2.67. The molecule has 0 saturated carbocycles. The van der Waals surface area contributed by atoms with Gasteiger partial charge in [0.05, 0.1) is 0 Å². The number of carbonyl (C=O) groups is 1. The molecule has 0 amide bonds. The first-order valence-electron chi connectivity index (χ1n) is 6.19. The van der Waals surface area contributed by atoms with E-state index in [0.29, 0.717) is 12.5 Å². The minimum Gasteiger partial charge on any atom is -0.481 e. The van der Waals surface area contributed by atoms with Crippen LogP contribution in [0.3, 0.4) is 0 Å². The van der Waals surface area contributed by atoms with Crippen molar-refractivity contribution in [1.29, 1.82) is 0 Å². The average molecular weight is 225 g/mol. The fourth-order valence-electron chi connectivity index (χ4n) is 2.22. The third-order valence-electron chi connectivity index (χ3n) is 3.17. The number of carboxylic acid groups (broad SMARTS) is 1. The van der Waals surface area contributed by atoms with Crippen LogP contribution in [0, 0.1) is 0 Å². The van der Waals surface area contributed by atoms with E-state index in [1.54, 1.807) is 0 Å². The van der Waals surface area contributed by atoms with E-state index in [2.05, 4.69) is 24.8 Å². The number of hydrogen-bond acceptors (Lipinski definition) is 2. The Bertz CT molecular complexity index is 257. The molecule has 1 fully saturated rings. The Hall–Kier alpha value is -0.830. The smallest absolute Gasteiger partial charge is 0.303 e. The second-order valence-electron chi connectivity index (χ2n) is 4.86.